The highest BCUT2D eigenvalue weighted by atomic mass is 19.1. The summed E-state index contributed by atoms with van der Waals surface area (Å²) in [5.41, 5.74) is 0.118. The summed E-state index contributed by atoms with van der Waals surface area (Å²) in [6.45, 7) is 1.43. The highest BCUT2D eigenvalue weighted by molar-refractivity contribution is 5.29. The van der Waals surface area contributed by atoms with Crippen LogP contribution in [0.25, 0.3) is 0 Å². The molecule has 0 fully saturated rings. The molecule has 5 heteroatoms. The van der Waals surface area contributed by atoms with Crippen molar-refractivity contribution in [3.63, 3.8) is 0 Å². The van der Waals surface area contributed by atoms with Gasteiger partial charge in [-0.2, -0.15) is 0 Å². The Morgan fingerprint density at radius 3 is 2.30 bits per heavy atom. The Morgan fingerprint density at radius 2 is 1.65 bits per heavy atom. The standard InChI is InChI=1S/C15H12F4O/c1-8-4-11(14(19)7-12(8)17)15(20)5-9-2-3-10(16)6-13(9)18/h2-4,6-7,15,20H,5H2,1H3. The van der Waals surface area contributed by atoms with E-state index in [0.29, 0.717) is 12.1 Å². The van der Waals surface area contributed by atoms with Gasteiger partial charge in [0.1, 0.15) is 23.3 Å². The van der Waals surface area contributed by atoms with Gasteiger partial charge in [-0.3, -0.25) is 0 Å². The summed E-state index contributed by atoms with van der Waals surface area (Å²) < 4.78 is 53.0. The average Bonchev–Trinajstić information content (AvgIpc) is 2.37. The van der Waals surface area contributed by atoms with Crippen molar-refractivity contribution < 1.29 is 22.7 Å². The summed E-state index contributed by atoms with van der Waals surface area (Å²) in [7, 11) is 0. The molecule has 1 unspecified atom stereocenters. The normalized spacial score (nSPS) is 12.5. The van der Waals surface area contributed by atoms with Crippen LogP contribution in [-0.2, 0) is 6.42 Å². The molecule has 0 aliphatic heterocycles. The van der Waals surface area contributed by atoms with Gasteiger partial charge in [-0.15, -0.1) is 0 Å². The second-order valence-corrected chi connectivity index (χ2v) is 4.58. The van der Waals surface area contributed by atoms with E-state index in [9.17, 15) is 22.7 Å². The fourth-order valence-electron chi connectivity index (χ4n) is 1.94. The van der Waals surface area contributed by atoms with Crippen molar-refractivity contribution in [3.8, 4) is 0 Å². The zero-order valence-electron chi connectivity index (χ0n) is 10.6. The monoisotopic (exact) mass is 284 g/mol. The zero-order valence-corrected chi connectivity index (χ0v) is 10.6. The Bertz CT molecular complexity index is 640. The van der Waals surface area contributed by atoms with Crippen molar-refractivity contribution in [2.24, 2.45) is 0 Å². The van der Waals surface area contributed by atoms with Crippen LogP contribution in [0.1, 0.15) is 22.8 Å². The van der Waals surface area contributed by atoms with Crippen LogP contribution in [0, 0.1) is 30.2 Å². The lowest BCUT2D eigenvalue weighted by atomic mass is 9.99. The Balaban J connectivity index is 2.28. The molecule has 1 atom stereocenters. The molecule has 0 bridgehead atoms. The predicted octanol–water partition coefficient (Wildman–Crippen LogP) is 3.83. The van der Waals surface area contributed by atoms with Crippen LogP contribution in [-0.4, -0.2) is 5.11 Å². The molecular weight excluding hydrogens is 272 g/mol. The quantitative estimate of drug-likeness (QED) is 0.849. The smallest absolute Gasteiger partial charge is 0.131 e. The van der Waals surface area contributed by atoms with Gasteiger partial charge >= 0.3 is 0 Å². The van der Waals surface area contributed by atoms with Gasteiger partial charge in [0.15, 0.2) is 0 Å². The van der Waals surface area contributed by atoms with Crippen molar-refractivity contribution >= 4 is 0 Å². The summed E-state index contributed by atoms with van der Waals surface area (Å²) in [6.07, 6.45) is -1.57. The maximum absolute atomic E-state index is 13.6. The minimum Gasteiger partial charge on any atom is -0.388 e. The summed E-state index contributed by atoms with van der Waals surface area (Å²) >= 11 is 0. The lowest BCUT2D eigenvalue weighted by Crippen LogP contribution is -2.07. The Kier molecular flexibility index (Phi) is 4.09. The van der Waals surface area contributed by atoms with E-state index in [0.717, 1.165) is 6.07 Å². The molecule has 1 nitrogen and oxygen atoms in total. The summed E-state index contributed by atoms with van der Waals surface area (Å²) in [5, 5.41) is 9.94. The Morgan fingerprint density at radius 1 is 0.950 bits per heavy atom. The molecule has 1 N–H and O–H groups in total. The summed E-state index contributed by atoms with van der Waals surface area (Å²) in [6, 6.07) is 4.78. The fourth-order valence-corrected chi connectivity index (χ4v) is 1.94. The molecule has 20 heavy (non-hydrogen) atoms. The van der Waals surface area contributed by atoms with Crippen LogP contribution in [0.5, 0.6) is 0 Å². The number of rotatable bonds is 3. The molecule has 0 spiro atoms. The summed E-state index contributed by atoms with van der Waals surface area (Å²) in [4.78, 5) is 0. The van der Waals surface area contributed by atoms with E-state index in [1.807, 2.05) is 0 Å². The minimum atomic E-state index is -1.34. The van der Waals surface area contributed by atoms with Crippen LogP contribution in [0.4, 0.5) is 17.6 Å². The van der Waals surface area contributed by atoms with Crippen molar-refractivity contribution in [1.82, 2.24) is 0 Å². The van der Waals surface area contributed by atoms with Gasteiger partial charge in [0, 0.05) is 24.1 Å². The third-order valence-electron chi connectivity index (χ3n) is 3.07. The van der Waals surface area contributed by atoms with E-state index in [4.69, 9.17) is 0 Å². The van der Waals surface area contributed by atoms with E-state index < -0.39 is 29.4 Å². The van der Waals surface area contributed by atoms with Crippen molar-refractivity contribution in [2.45, 2.75) is 19.4 Å². The van der Waals surface area contributed by atoms with Crippen molar-refractivity contribution in [3.05, 3.63) is 70.3 Å². The van der Waals surface area contributed by atoms with Gasteiger partial charge in [0.05, 0.1) is 6.10 Å². The molecule has 0 aliphatic carbocycles. The van der Waals surface area contributed by atoms with E-state index in [1.54, 1.807) is 0 Å². The summed E-state index contributed by atoms with van der Waals surface area (Å²) in [5.74, 6) is -3.16. The van der Waals surface area contributed by atoms with Crippen LogP contribution in [0.15, 0.2) is 30.3 Å². The van der Waals surface area contributed by atoms with Gasteiger partial charge < -0.3 is 5.11 Å². The highest BCUT2D eigenvalue weighted by Gasteiger charge is 2.17. The molecule has 0 aromatic heterocycles. The average molecular weight is 284 g/mol. The van der Waals surface area contributed by atoms with Crippen LogP contribution < -0.4 is 0 Å². The first-order valence-electron chi connectivity index (χ1n) is 5.96. The second kappa shape index (κ2) is 5.63. The van der Waals surface area contributed by atoms with E-state index in [2.05, 4.69) is 0 Å². The molecular formula is C15H12F4O. The molecule has 0 saturated heterocycles. The number of hydrogen-bond donors (Lipinski definition) is 1. The predicted molar refractivity (Wildman–Crippen MR) is 66.1 cm³/mol. The number of aryl methyl sites for hydroxylation is 1. The lowest BCUT2D eigenvalue weighted by molar-refractivity contribution is 0.172. The van der Waals surface area contributed by atoms with Crippen LogP contribution in [0.2, 0.25) is 0 Å². The number of aliphatic hydroxyl groups excluding tert-OH is 1. The fraction of sp³-hybridized carbons (Fsp3) is 0.200. The third kappa shape index (κ3) is 2.99. The maximum Gasteiger partial charge on any atom is 0.131 e. The van der Waals surface area contributed by atoms with E-state index >= 15 is 0 Å². The molecule has 2 aromatic rings. The zero-order chi connectivity index (χ0) is 14.9. The molecule has 2 rings (SSSR count). The molecule has 106 valence electrons. The minimum absolute atomic E-state index is 0.0558. The van der Waals surface area contributed by atoms with Gasteiger partial charge in [-0.05, 0) is 30.2 Å². The van der Waals surface area contributed by atoms with Gasteiger partial charge in [-0.1, -0.05) is 6.07 Å². The number of aliphatic hydroxyl groups is 1. The van der Waals surface area contributed by atoms with E-state index in [-0.39, 0.29) is 23.1 Å². The van der Waals surface area contributed by atoms with E-state index in [1.165, 1.54) is 19.1 Å². The molecule has 0 radical (unpaired) electrons. The molecule has 0 amide bonds. The highest BCUT2D eigenvalue weighted by Crippen LogP contribution is 2.25. The third-order valence-corrected chi connectivity index (χ3v) is 3.07. The molecule has 0 aliphatic rings. The van der Waals surface area contributed by atoms with Crippen molar-refractivity contribution in [1.29, 1.82) is 0 Å². The van der Waals surface area contributed by atoms with Gasteiger partial charge in [0.2, 0.25) is 0 Å². The maximum atomic E-state index is 13.6. The SMILES string of the molecule is Cc1cc(C(O)Cc2ccc(F)cc2F)c(F)cc1F. The molecule has 0 saturated carbocycles. The van der Waals surface area contributed by atoms with Crippen LogP contribution >= 0.6 is 0 Å². The second-order valence-electron chi connectivity index (χ2n) is 4.58. The molecule has 2 aromatic carbocycles. The largest absolute Gasteiger partial charge is 0.388 e. The van der Waals surface area contributed by atoms with Gasteiger partial charge in [-0.25, -0.2) is 17.6 Å². The Labute approximate surface area is 113 Å². The number of halogens is 4. The first kappa shape index (κ1) is 14.5. The number of benzene rings is 2. The lowest BCUT2D eigenvalue weighted by Gasteiger charge is -2.14. The topological polar surface area (TPSA) is 20.2 Å². The van der Waals surface area contributed by atoms with Crippen molar-refractivity contribution in [2.75, 3.05) is 0 Å². The molecule has 0 heterocycles. The first-order valence-corrected chi connectivity index (χ1v) is 5.96. The Hall–Kier alpha value is -1.88. The van der Waals surface area contributed by atoms with Crippen LogP contribution in [0.3, 0.4) is 0 Å². The number of hydrogen-bond acceptors (Lipinski definition) is 1. The van der Waals surface area contributed by atoms with Gasteiger partial charge in [0.25, 0.3) is 0 Å². The first-order chi connectivity index (χ1) is 9.38.